The van der Waals surface area contributed by atoms with Crippen molar-refractivity contribution in [3.8, 4) is 0 Å². The van der Waals surface area contributed by atoms with Crippen LogP contribution in [0.15, 0.2) is 23.1 Å². The molecular weight excluding hydrogens is 291 g/mol. The summed E-state index contributed by atoms with van der Waals surface area (Å²) >= 11 is 5.64. The van der Waals surface area contributed by atoms with E-state index in [0.29, 0.717) is 13.1 Å². The minimum Gasteiger partial charge on any atom is -0.319 e. The minimum absolute atomic E-state index is 0.174. The van der Waals surface area contributed by atoms with Crippen molar-refractivity contribution in [3.63, 3.8) is 0 Å². The minimum atomic E-state index is -3.80. The Morgan fingerprint density at radius 2 is 2.26 bits per heavy atom. The van der Waals surface area contributed by atoms with Crippen LogP contribution in [-0.4, -0.2) is 39.4 Å². The van der Waals surface area contributed by atoms with Crippen molar-refractivity contribution in [2.75, 3.05) is 26.7 Å². The third kappa shape index (κ3) is 2.91. The second kappa shape index (κ2) is 5.75. The van der Waals surface area contributed by atoms with Gasteiger partial charge in [-0.3, -0.25) is 0 Å². The molecule has 1 saturated heterocycles. The highest BCUT2D eigenvalue weighted by Gasteiger charge is 2.34. The third-order valence-electron chi connectivity index (χ3n) is 3.28. The van der Waals surface area contributed by atoms with Gasteiger partial charge < -0.3 is 5.32 Å². The summed E-state index contributed by atoms with van der Waals surface area (Å²) in [7, 11) is -1.97. The molecule has 0 saturated carbocycles. The molecule has 1 aliphatic rings. The van der Waals surface area contributed by atoms with E-state index in [4.69, 9.17) is 11.6 Å². The molecule has 1 N–H and O–H groups in total. The maximum Gasteiger partial charge on any atom is 0.246 e. The molecule has 1 fully saturated rings. The van der Waals surface area contributed by atoms with Crippen LogP contribution in [0.3, 0.4) is 0 Å². The van der Waals surface area contributed by atoms with Gasteiger partial charge in [-0.05, 0) is 38.1 Å². The molecule has 0 bridgehead atoms. The molecule has 1 aromatic carbocycles. The van der Waals surface area contributed by atoms with Crippen LogP contribution in [0.4, 0.5) is 4.39 Å². The second-order valence-corrected chi connectivity index (χ2v) is 6.94. The first-order chi connectivity index (χ1) is 8.96. The maximum atomic E-state index is 13.8. The quantitative estimate of drug-likeness (QED) is 0.921. The van der Waals surface area contributed by atoms with Crippen LogP contribution in [-0.2, 0) is 10.0 Å². The lowest BCUT2D eigenvalue weighted by atomic mass is 10.1. The fourth-order valence-electron chi connectivity index (χ4n) is 2.29. The Balaban J connectivity index is 2.26. The number of nitrogens with zero attached hydrogens (tertiary/aromatic N) is 1. The molecule has 2 rings (SSSR count). The number of sulfonamides is 1. The van der Waals surface area contributed by atoms with Crippen LogP contribution in [0, 0.1) is 11.7 Å². The van der Waals surface area contributed by atoms with Crippen molar-refractivity contribution in [2.24, 2.45) is 5.92 Å². The molecule has 1 aliphatic heterocycles. The monoisotopic (exact) mass is 306 g/mol. The lowest BCUT2D eigenvalue weighted by Gasteiger charge is -2.17. The van der Waals surface area contributed by atoms with Crippen LogP contribution >= 0.6 is 11.6 Å². The van der Waals surface area contributed by atoms with Crippen molar-refractivity contribution in [1.82, 2.24) is 9.62 Å². The number of rotatable bonds is 4. The smallest absolute Gasteiger partial charge is 0.246 e. The lowest BCUT2D eigenvalue weighted by molar-refractivity contribution is 0.446. The molecule has 0 amide bonds. The van der Waals surface area contributed by atoms with Gasteiger partial charge in [0.25, 0.3) is 0 Å². The first-order valence-electron chi connectivity index (χ1n) is 6.05. The van der Waals surface area contributed by atoms with Gasteiger partial charge in [0.2, 0.25) is 10.0 Å². The average Bonchev–Trinajstić information content (AvgIpc) is 2.82. The summed E-state index contributed by atoms with van der Waals surface area (Å²) in [6, 6.07) is 4.03. The van der Waals surface area contributed by atoms with Crippen LogP contribution in [0.2, 0.25) is 5.02 Å². The van der Waals surface area contributed by atoms with E-state index in [1.807, 2.05) is 7.05 Å². The molecule has 7 heteroatoms. The van der Waals surface area contributed by atoms with Gasteiger partial charge in [0.05, 0.1) is 5.02 Å². The Morgan fingerprint density at radius 1 is 1.53 bits per heavy atom. The topological polar surface area (TPSA) is 49.4 Å². The summed E-state index contributed by atoms with van der Waals surface area (Å²) in [5, 5.41) is 2.85. The Morgan fingerprint density at radius 3 is 2.95 bits per heavy atom. The van der Waals surface area contributed by atoms with E-state index in [1.54, 1.807) is 0 Å². The molecule has 0 radical (unpaired) electrons. The summed E-state index contributed by atoms with van der Waals surface area (Å²) < 4.78 is 39.9. The van der Waals surface area contributed by atoms with Gasteiger partial charge >= 0.3 is 0 Å². The number of hydrogen-bond donors (Lipinski definition) is 1. The van der Waals surface area contributed by atoms with Gasteiger partial charge in [0.15, 0.2) is 5.82 Å². The summed E-state index contributed by atoms with van der Waals surface area (Å²) in [5.74, 6) is -0.608. The average molecular weight is 307 g/mol. The van der Waals surface area contributed by atoms with Crippen molar-refractivity contribution < 1.29 is 12.8 Å². The van der Waals surface area contributed by atoms with E-state index >= 15 is 0 Å². The molecule has 0 spiro atoms. The van der Waals surface area contributed by atoms with E-state index in [0.717, 1.165) is 13.0 Å². The first kappa shape index (κ1) is 14.7. The summed E-state index contributed by atoms with van der Waals surface area (Å²) in [5.41, 5.74) is 0. The zero-order valence-electron chi connectivity index (χ0n) is 10.6. The molecule has 0 unspecified atom stereocenters. The molecule has 4 nitrogen and oxygen atoms in total. The highest BCUT2D eigenvalue weighted by Crippen LogP contribution is 2.28. The van der Waals surface area contributed by atoms with Crippen molar-refractivity contribution >= 4 is 21.6 Å². The second-order valence-electron chi connectivity index (χ2n) is 4.63. The molecule has 1 aromatic rings. The maximum absolute atomic E-state index is 13.8. The fraction of sp³-hybridized carbons (Fsp3) is 0.500. The van der Waals surface area contributed by atoms with E-state index in [1.165, 1.54) is 22.5 Å². The number of benzene rings is 1. The lowest BCUT2D eigenvalue weighted by Crippen LogP contribution is -2.31. The zero-order chi connectivity index (χ0) is 14.0. The summed E-state index contributed by atoms with van der Waals surface area (Å²) in [4.78, 5) is -0.342. The van der Waals surface area contributed by atoms with Gasteiger partial charge in [-0.2, -0.15) is 4.31 Å². The van der Waals surface area contributed by atoms with Gasteiger partial charge in [0.1, 0.15) is 4.90 Å². The Labute approximate surface area is 117 Å². The van der Waals surface area contributed by atoms with Crippen molar-refractivity contribution in [2.45, 2.75) is 11.3 Å². The molecule has 0 aromatic heterocycles. The molecule has 1 atom stereocenters. The van der Waals surface area contributed by atoms with Crippen molar-refractivity contribution in [3.05, 3.63) is 29.0 Å². The van der Waals surface area contributed by atoms with E-state index in [-0.39, 0.29) is 15.8 Å². The molecular formula is C12H16ClFN2O2S. The number of nitrogens with one attached hydrogen (secondary N) is 1. The standard InChI is InChI=1S/C12H16ClFN2O2S/c1-15-7-9-5-6-16(8-9)19(17,18)11-4-2-3-10(13)12(11)14/h2-4,9,15H,5-8H2,1H3/t9-/m1/s1. The van der Waals surface area contributed by atoms with E-state index < -0.39 is 15.8 Å². The van der Waals surface area contributed by atoms with Crippen LogP contribution in [0.5, 0.6) is 0 Å². The molecule has 0 aliphatic carbocycles. The van der Waals surface area contributed by atoms with Gasteiger partial charge in [-0.1, -0.05) is 17.7 Å². The Kier molecular flexibility index (Phi) is 4.45. The predicted octanol–water partition coefficient (Wildman–Crippen LogP) is 1.71. The van der Waals surface area contributed by atoms with Crippen molar-refractivity contribution in [1.29, 1.82) is 0 Å². The fourth-order valence-corrected chi connectivity index (χ4v) is 4.14. The highest BCUT2D eigenvalue weighted by atomic mass is 35.5. The van der Waals surface area contributed by atoms with Crippen LogP contribution in [0.25, 0.3) is 0 Å². The number of halogens is 2. The summed E-state index contributed by atoms with van der Waals surface area (Å²) in [6.07, 6.45) is 0.780. The van der Waals surface area contributed by atoms with Gasteiger partial charge in [-0.25, -0.2) is 12.8 Å². The van der Waals surface area contributed by atoms with Crippen LogP contribution < -0.4 is 5.32 Å². The van der Waals surface area contributed by atoms with E-state index in [2.05, 4.69) is 5.32 Å². The SMILES string of the molecule is CNC[C@H]1CCN(S(=O)(=O)c2cccc(Cl)c2F)C1. The summed E-state index contributed by atoms with van der Waals surface area (Å²) in [6.45, 7) is 1.58. The zero-order valence-corrected chi connectivity index (χ0v) is 12.1. The normalized spacial score (nSPS) is 20.9. The molecule has 106 valence electrons. The largest absolute Gasteiger partial charge is 0.319 e. The molecule has 19 heavy (non-hydrogen) atoms. The van der Waals surface area contributed by atoms with Gasteiger partial charge in [-0.15, -0.1) is 0 Å². The predicted molar refractivity (Wildman–Crippen MR) is 72.2 cm³/mol. The molecule has 1 heterocycles. The highest BCUT2D eigenvalue weighted by molar-refractivity contribution is 7.89. The Bertz CT molecular complexity index is 565. The third-order valence-corrected chi connectivity index (χ3v) is 5.45. The first-order valence-corrected chi connectivity index (χ1v) is 7.87. The van der Waals surface area contributed by atoms with E-state index in [9.17, 15) is 12.8 Å². The van der Waals surface area contributed by atoms with Crippen LogP contribution in [0.1, 0.15) is 6.42 Å². The Hall–Kier alpha value is -0.690. The van der Waals surface area contributed by atoms with Gasteiger partial charge in [0, 0.05) is 13.1 Å². The number of hydrogen-bond acceptors (Lipinski definition) is 3.